The van der Waals surface area contributed by atoms with Crippen LogP contribution in [0.2, 0.25) is 0 Å². The van der Waals surface area contributed by atoms with E-state index in [1.165, 1.54) is 0 Å². The summed E-state index contributed by atoms with van der Waals surface area (Å²) in [6, 6.07) is 4.05. The highest BCUT2D eigenvalue weighted by atomic mass is 32.1. The second-order valence-electron chi connectivity index (χ2n) is 5.02. The van der Waals surface area contributed by atoms with Crippen LogP contribution in [0.1, 0.15) is 26.1 Å². The molecule has 0 saturated heterocycles. The molecule has 0 spiro atoms. The molecule has 18 heavy (non-hydrogen) atoms. The monoisotopic (exact) mass is 264 g/mol. The molecule has 0 saturated carbocycles. The molecule has 0 bridgehead atoms. The van der Waals surface area contributed by atoms with Gasteiger partial charge in [-0.15, -0.1) is 11.3 Å². The van der Waals surface area contributed by atoms with Gasteiger partial charge in [-0.05, 0) is 36.2 Å². The summed E-state index contributed by atoms with van der Waals surface area (Å²) < 4.78 is 0. The van der Waals surface area contributed by atoms with Crippen LogP contribution in [0.5, 0.6) is 0 Å². The summed E-state index contributed by atoms with van der Waals surface area (Å²) in [6.45, 7) is 5.15. The van der Waals surface area contributed by atoms with Crippen LogP contribution in [0, 0.1) is 11.8 Å². The Morgan fingerprint density at radius 1 is 1.44 bits per heavy atom. The van der Waals surface area contributed by atoms with Crippen LogP contribution < -0.4 is 5.73 Å². The van der Waals surface area contributed by atoms with Crippen LogP contribution in [0.3, 0.4) is 0 Å². The Balaban J connectivity index is 2.01. The summed E-state index contributed by atoms with van der Waals surface area (Å²) in [5.41, 5.74) is 5.81. The Morgan fingerprint density at radius 2 is 2.28 bits per heavy atom. The molecule has 0 radical (unpaired) electrons. The molecule has 5 heteroatoms. The predicted octanol–water partition coefficient (Wildman–Crippen LogP) is 2.70. The molecule has 2 rings (SSSR count). The number of H-pyrrole nitrogens is 1. The first-order chi connectivity index (χ1) is 8.69. The van der Waals surface area contributed by atoms with Gasteiger partial charge < -0.3 is 5.73 Å². The molecule has 0 aliphatic carbocycles. The summed E-state index contributed by atoms with van der Waals surface area (Å²) >= 11 is 1.65. The maximum atomic E-state index is 5.81. The molecular weight excluding hydrogens is 244 g/mol. The average molecular weight is 264 g/mol. The lowest BCUT2D eigenvalue weighted by Gasteiger charge is -2.15. The number of rotatable bonds is 6. The standard InChI is InChI=1S/C13H20N4S/c1-9(2)6-10(8-14)7-12-15-13(17-16-12)11-4-3-5-18-11/h3-5,9-10H,6-8,14H2,1-2H3,(H,15,16,17). The van der Waals surface area contributed by atoms with Crippen molar-refractivity contribution in [2.24, 2.45) is 17.6 Å². The molecule has 3 N–H and O–H groups in total. The fourth-order valence-corrected chi connectivity index (χ4v) is 2.76. The van der Waals surface area contributed by atoms with Gasteiger partial charge in [0.15, 0.2) is 5.82 Å². The number of thiophene rings is 1. The van der Waals surface area contributed by atoms with Gasteiger partial charge in [-0.2, -0.15) is 5.10 Å². The molecule has 2 aromatic heterocycles. The van der Waals surface area contributed by atoms with E-state index in [1.807, 2.05) is 17.5 Å². The van der Waals surface area contributed by atoms with Crippen molar-refractivity contribution in [3.8, 4) is 10.7 Å². The van der Waals surface area contributed by atoms with Gasteiger partial charge in [-0.1, -0.05) is 19.9 Å². The topological polar surface area (TPSA) is 67.6 Å². The van der Waals surface area contributed by atoms with Gasteiger partial charge in [-0.3, -0.25) is 5.10 Å². The molecule has 0 aromatic carbocycles. The van der Waals surface area contributed by atoms with Crippen molar-refractivity contribution in [1.29, 1.82) is 0 Å². The first-order valence-electron chi connectivity index (χ1n) is 6.34. The van der Waals surface area contributed by atoms with E-state index in [4.69, 9.17) is 5.73 Å². The Hall–Kier alpha value is -1.20. The quantitative estimate of drug-likeness (QED) is 0.843. The zero-order chi connectivity index (χ0) is 13.0. The molecule has 1 atom stereocenters. The first-order valence-corrected chi connectivity index (χ1v) is 7.22. The third kappa shape index (κ3) is 3.40. The Labute approximate surface area is 112 Å². The van der Waals surface area contributed by atoms with Crippen LogP contribution in [-0.2, 0) is 6.42 Å². The van der Waals surface area contributed by atoms with Crippen molar-refractivity contribution in [3.05, 3.63) is 23.3 Å². The number of nitrogens with two attached hydrogens (primary N) is 1. The predicted molar refractivity (Wildman–Crippen MR) is 75.4 cm³/mol. The zero-order valence-electron chi connectivity index (χ0n) is 10.9. The minimum Gasteiger partial charge on any atom is -0.330 e. The Kier molecular flexibility index (Phi) is 4.49. The largest absolute Gasteiger partial charge is 0.330 e. The summed E-state index contributed by atoms with van der Waals surface area (Å²) in [5, 5.41) is 9.32. The van der Waals surface area contributed by atoms with E-state index in [0.717, 1.165) is 29.4 Å². The number of aromatic nitrogens is 3. The maximum absolute atomic E-state index is 5.81. The number of aromatic amines is 1. The molecule has 0 amide bonds. The van der Waals surface area contributed by atoms with Crippen molar-refractivity contribution < 1.29 is 0 Å². The molecule has 0 aliphatic heterocycles. The molecule has 4 nitrogen and oxygen atoms in total. The lowest BCUT2D eigenvalue weighted by atomic mass is 9.94. The number of nitrogens with zero attached hydrogens (tertiary/aromatic N) is 2. The normalized spacial score (nSPS) is 13.1. The van der Waals surface area contributed by atoms with Crippen molar-refractivity contribution in [2.45, 2.75) is 26.7 Å². The third-order valence-corrected chi connectivity index (χ3v) is 3.76. The van der Waals surface area contributed by atoms with E-state index < -0.39 is 0 Å². The summed E-state index contributed by atoms with van der Waals surface area (Å²) in [5.74, 6) is 2.88. The lowest BCUT2D eigenvalue weighted by molar-refractivity contribution is 0.409. The van der Waals surface area contributed by atoms with Crippen LogP contribution in [0.4, 0.5) is 0 Å². The van der Waals surface area contributed by atoms with E-state index in [1.54, 1.807) is 11.3 Å². The van der Waals surface area contributed by atoms with Crippen LogP contribution in [0.15, 0.2) is 17.5 Å². The first kappa shape index (κ1) is 13.2. The fraction of sp³-hybridized carbons (Fsp3) is 0.538. The second-order valence-corrected chi connectivity index (χ2v) is 5.97. The van der Waals surface area contributed by atoms with Crippen LogP contribution >= 0.6 is 11.3 Å². The molecule has 98 valence electrons. The van der Waals surface area contributed by atoms with E-state index in [2.05, 4.69) is 29.0 Å². The number of hydrogen-bond acceptors (Lipinski definition) is 4. The minimum atomic E-state index is 0.481. The third-order valence-electron chi connectivity index (χ3n) is 2.89. The van der Waals surface area contributed by atoms with Gasteiger partial charge in [0, 0.05) is 6.42 Å². The lowest BCUT2D eigenvalue weighted by Crippen LogP contribution is -2.19. The zero-order valence-corrected chi connectivity index (χ0v) is 11.7. The molecule has 0 aliphatic rings. The molecule has 2 aromatic rings. The SMILES string of the molecule is CC(C)CC(CN)Cc1nc(-c2cccs2)n[nH]1. The molecule has 0 fully saturated rings. The molecular formula is C13H20N4S. The van der Waals surface area contributed by atoms with E-state index in [9.17, 15) is 0 Å². The highest BCUT2D eigenvalue weighted by Gasteiger charge is 2.13. The average Bonchev–Trinajstić information content (AvgIpc) is 2.97. The number of nitrogens with one attached hydrogen (secondary N) is 1. The Bertz CT molecular complexity index is 461. The van der Waals surface area contributed by atoms with Gasteiger partial charge in [0.25, 0.3) is 0 Å². The maximum Gasteiger partial charge on any atom is 0.191 e. The van der Waals surface area contributed by atoms with Gasteiger partial charge >= 0.3 is 0 Å². The van der Waals surface area contributed by atoms with E-state index in [0.29, 0.717) is 18.4 Å². The number of hydrogen-bond donors (Lipinski definition) is 2. The van der Waals surface area contributed by atoms with Gasteiger partial charge in [0.2, 0.25) is 0 Å². The molecule has 1 unspecified atom stereocenters. The summed E-state index contributed by atoms with van der Waals surface area (Å²) in [4.78, 5) is 5.64. The van der Waals surface area contributed by atoms with Gasteiger partial charge in [-0.25, -0.2) is 4.98 Å². The van der Waals surface area contributed by atoms with Crippen molar-refractivity contribution in [3.63, 3.8) is 0 Å². The fourth-order valence-electron chi connectivity index (χ4n) is 2.11. The van der Waals surface area contributed by atoms with Crippen LogP contribution in [0.25, 0.3) is 10.7 Å². The van der Waals surface area contributed by atoms with Crippen LogP contribution in [-0.4, -0.2) is 21.7 Å². The van der Waals surface area contributed by atoms with Crippen molar-refractivity contribution in [2.75, 3.05) is 6.54 Å². The van der Waals surface area contributed by atoms with Crippen molar-refractivity contribution in [1.82, 2.24) is 15.2 Å². The second kappa shape index (κ2) is 6.11. The highest BCUT2D eigenvalue weighted by molar-refractivity contribution is 7.13. The summed E-state index contributed by atoms with van der Waals surface area (Å²) in [6.07, 6.45) is 2.01. The molecule has 2 heterocycles. The Morgan fingerprint density at radius 3 is 2.89 bits per heavy atom. The minimum absolute atomic E-state index is 0.481. The summed E-state index contributed by atoms with van der Waals surface area (Å²) in [7, 11) is 0. The van der Waals surface area contributed by atoms with Crippen molar-refractivity contribution >= 4 is 11.3 Å². The smallest absolute Gasteiger partial charge is 0.191 e. The highest BCUT2D eigenvalue weighted by Crippen LogP contribution is 2.21. The van der Waals surface area contributed by atoms with Gasteiger partial charge in [0.05, 0.1) is 4.88 Å². The van der Waals surface area contributed by atoms with Gasteiger partial charge in [0.1, 0.15) is 5.82 Å². The van der Waals surface area contributed by atoms with E-state index in [-0.39, 0.29) is 0 Å². The van der Waals surface area contributed by atoms with E-state index >= 15 is 0 Å².